The highest BCUT2D eigenvalue weighted by molar-refractivity contribution is 7.89. The third-order valence-electron chi connectivity index (χ3n) is 3.98. The van der Waals surface area contributed by atoms with E-state index in [-0.39, 0.29) is 15.9 Å². The summed E-state index contributed by atoms with van der Waals surface area (Å²) in [6, 6.07) is 15.9. The van der Waals surface area contributed by atoms with E-state index in [4.69, 9.17) is 12.2 Å². The zero-order valence-electron chi connectivity index (χ0n) is 15.8. The van der Waals surface area contributed by atoms with E-state index < -0.39 is 10.0 Å². The van der Waals surface area contributed by atoms with Crippen LogP contribution in [0.1, 0.15) is 31.7 Å². The predicted molar refractivity (Wildman–Crippen MR) is 116 cm³/mol. The monoisotopic (exact) mass is 419 g/mol. The smallest absolute Gasteiger partial charge is 0.240 e. The van der Waals surface area contributed by atoms with Crippen molar-refractivity contribution in [1.29, 1.82) is 0 Å². The molecule has 150 valence electrons. The van der Waals surface area contributed by atoms with Gasteiger partial charge in [0, 0.05) is 18.7 Å². The van der Waals surface area contributed by atoms with Gasteiger partial charge in [0.05, 0.1) is 4.90 Å². The van der Waals surface area contributed by atoms with Gasteiger partial charge in [-0.3, -0.25) is 4.79 Å². The van der Waals surface area contributed by atoms with Gasteiger partial charge < -0.3 is 10.6 Å². The lowest BCUT2D eigenvalue weighted by Crippen LogP contribution is -2.33. The molecule has 0 aliphatic carbocycles. The number of benzene rings is 2. The van der Waals surface area contributed by atoms with Crippen LogP contribution in [0.5, 0.6) is 0 Å². The van der Waals surface area contributed by atoms with Crippen molar-refractivity contribution in [2.24, 2.45) is 0 Å². The summed E-state index contributed by atoms with van der Waals surface area (Å²) in [6.45, 7) is 2.33. The second kappa shape index (κ2) is 10.9. The van der Waals surface area contributed by atoms with E-state index in [0.29, 0.717) is 25.1 Å². The van der Waals surface area contributed by atoms with Crippen LogP contribution in [0.3, 0.4) is 0 Å². The van der Waals surface area contributed by atoms with E-state index in [1.54, 1.807) is 12.1 Å². The van der Waals surface area contributed by atoms with Gasteiger partial charge in [0.25, 0.3) is 0 Å². The highest BCUT2D eigenvalue weighted by Crippen LogP contribution is 2.14. The van der Waals surface area contributed by atoms with Crippen LogP contribution in [-0.2, 0) is 21.2 Å². The van der Waals surface area contributed by atoms with E-state index >= 15 is 0 Å². The lowest BCUT2D eigenvalue weighted by atomic mass is 10.2. The molecule has 2 aromatic rings. The van der Waals surface area contributed by atoms with Gasteiger partial charge in [0.1, 0.15) is 0 Å². The second-order valence-corrected chi connectivity index (χ2v) is 8.44. The van der Waals surface area contributed by atoms with Crippen molar-refractivity contribution in [2.45, 2.75) is 37.5 Å². The molecule has 0 fully saturated rings. The SMILES string of the molecule is CCCCC(=O)NC(=S)Nc1ccc(S(=O)(=O)NCCc2ccccc2)cc1. The number of thiocarbonyl (C=S) groups is 1. The number of hydrogen-bond donors (Lipinski definition) is 3. The first-order valence-corrected chi connectivity index (χ1v) is 11.0. The molecule has 0 spiro atoms. The number of amides is 1. The third-order valence-corrected chi connectivity index (χ3v) is 5.66. The van der Waals surface area contributed by atoms with Crippen molar-refractivity contribution in [3.05, 3.63) is 60.2 Å². The van der Waals surface area contributed by atoms with E-state index in [0.717, 1.165) is 18.4 Å². The first-order valence-electron chi connectivity index (χ1n) is 9.15. The molecule has 0 aliphatic rings. The topological polar surface area (TPSA) is 87.3 Å². The number of rotatable bonds is 9. The molecule has 0 saturated heterocycles. The van der Waals surface area contributed by atoms with Crippen molar-refractivity contribution in [3.8, 4) is 0 Å². The summed E-state index contributed by atoms with van der Waals surface area (Å²) in [7, 11) is -3.59. The largest absolute Gasteiger partial charge is 0.332 e. The van der Waals surface area contributed by atoms with Gasteiger partial charge >= 0.3 is 0 Å². The van der Waals surface area contributed by atoms with Crippen molar-refractivity contribution >= 4 is 38.9 Å². The molecule has 0 unspecified atom stereocenters. The minimum Gasteiger partial charge on any atom is -0.332 e. The van der Waals surface area contributed by atoms with Crippen molar-refractivity contribution < 1.29 is 13.2 Å². The number of carbonyl (C=O) groups excluding carboxylic acids is 1. The Morgan fingerprint density at radius 1 is 1.04 bits per heavy atom. The Labute approximate surface area is 171 Å². The van der Waals surface area contributed by atoms with Gasteiger partial charge in [-0.25, -0.2) is 13.1 Å². The van der Waals surface area contributed by atoms with E-state index in [2.05, 4.69) is 15.4 Å². The molecule has 0 atom stereocenters. The summed E-state index contributed by atoms with van der Waals surface area (Å²) >= 11 is 5.10. The van der Waals surface area contributed by atoms with Crippen LogP contribution in [0.25, 0.3) is 0 Å². The molecule has 3 N–H and O–H groups in total. The Morgan fingerprint density at radius 2 is 1.71 bits per heavy atom. The molecule has 0 saturated carbocycles. The first-order chi connectivity index (χ1) is 13.4. The second-order valence-electron chi connectivity index (χ2n) is 6.26. The average molecular weight is 420 g/mol. The van der Waals surface area contributed by atoms with E-state index in [9.17, 15) is 13.2 Å². The predicted octanol–water partition coefficient (Wildman–Crippen LogP) is 3.21. The third kappa shape index (κ3) is 7.38. The summed E-state index contributed by atoms with van der Waals surface area (Å²) < 4.78 is 27.4. The Bertz CT molecular complexity index is 883. The van der Waals surface area contributed by atoms with Crippen molar-refractivity contribution in [1.82, 2.24) is 10.0 Å². The fourth-order valence-electron chi connectivity index (χ4n) is 2.46. The first kappa shape index (κ1) is 22.0. The maximum absolute atomic E-state index is 12.4. The normalized spacial score (nSPS) is 11.0. The minimum atomic E-state index is -3.59. The Kier molecular flexibility index (Phi) is 8.56. The quantitative estimate of drug-likeness (QED) is 0.543. The molecule has 0 aliphatic heterocycles. The maximum Gasteiger partial charge on any atom is 0.240 e. The average Bonchev–Trinajstić information content (AvgIpc) is 2.67. The van der Waals surface area contributed by atoms with Crippen LogP contribution in [0.2, 0.25) is 0 Å². The van der Waals surface area contributed by atoms with Crippen LogP contribution < -0.4 is 15.4 Å². The molecule has 6 nitrogen and oxygen atoms in total. The summed E-state index contributed by atoms with van der Waals surface area (Å²) in [4.78, 5) is 11.8. The molecule has 1 amide bonds. The van der Waals surface area contributed by atoms with E-state index in [1.165, 1.54) is 12.1 Å². The Hall–Kier alpha value is -2.29. The number of anilines is 1. The number of hydrogen-bond acceptors (Lipinski definition) is 4. The van der Waals surface area contributed by atoms with Gasteiger partial charge in [0.15, 0.2) is 5.11 Å². The van der Waals surface area contributed by atoms with Gasteiger partial charge in [-0.15, -0.1) is 0 Å². The molecule has 2 aromatic carbocycles. The molecular formula is C20H25N3O3S2. The number of nitrogens with one attached hydrogen (secondary N) is 3. The van der Waals surface area contributed by atoms with Crippen LogP contribution in [-0.4, -0.2) is 26.0 Å². The molecule has 8 heteroatoms. The zero-order chi connectivity index (χ0) is 20.4. The molecule has 0 heterocycles. The molecule has 0 aromatic heterocycles. The van der Waals surface area contributed by atoms with Gasteiger partial charge in [0.2, 0.25) is 15.9 Å². The highest BCUT2D eigenvalue weighted by atomic mass is 32.2. The standard InChI is InChI=1S/C20H25N3O3S2/c1-2-3-9-19(24)23-20(27)22-17-10-12-18(13-11-17)28(25,26)21-15-14-16-7-5-4-6-8-16/h4-8,10-13,21H,2-3,9,14-15H2,1H3,(H2,22,23,24,27). The van der Waals surface area contributed by atoms with Gasteiger partial charge in [-0.2, -0.15) is 0 Å². The number of carbonyl (C=O) groups is 1. The van der Waals surface area contributed by atoms with Gasteiger partial charge in [-0.05, 0) is 54.9 Å². The Morgan fingerprint density at radius 3 is 2.36 bits per heavy atom. The Balaban J connectivity index is 1.86. The summed E-state index contributed by atoms with van der Waals surface area (Å²) in [6.07, 6.45) is 2.77. The number of unbranched alkanes of at least 4 members (excludes halogenated alkanes) is 1. The summed E-state index contributed by atoms with van der Waals surface area (Å²) in [5, 5.41) is 5.67. The molecule has 0 bridgehead atoms. The lowest BCUT2D eigenvalue weighted by molar-refractivity contribution is -0.119. The van der Waals surface area contributed by atoms with Crippen LogP contribution in [0.4, 0.5) is 5.69 Å². The lowest BCUT2D eigenvalue weighted by Gasteiger charge is -2.11. The molecule has 28 heavy (non-hydrogen) atoms. The van der Waals surface area contributed by atoms with Crippen LogP contribution >= 0.6 is 12.2 Å². The fraction of sp³-hybridized carbons (Fsp3) is 0.300. The summed E-state index contributed by atoms with van der Waals surface area (Å²) in [5.74, 6) is -0.138. The highest BCUT2D eigenvalue weighted by Gasteiger charge is 2.13. The summed E-state index contributed by atoms with van der Waals surface area (Å²) in [5.41, 5.74) is 1.67. The number of sulfonamides is 1. The van der Waals surface area contributed by atoms with Crippen LogP contribution in [0, 0.1) is 0 Å². The van der Waals surface area contributed by atoms with Gasteiger partial charge in [-0.1, -0.05) is 43.7 Å². The zero-order valence-corrected chi connectivity index (χ0v) is 17.4. The van der Waals surface area contributed by atoms with Crippen molar-refractivity contribution in [2.75, 3.05) is 11.9 Å². The van der Waals surface area contributed by atoms with Crippen molar-refractivity contribution in [3.63, 3.8) is 0 Å². The molecular weight excluding hydrogens is 394 g/mol. The van der Waals surface area contributed by atoms with E-state index in [1.807, 2.05) is 37.3 Å². The maximum atomic E-state index is 12.4. The minimum absolute atomic E-state index is 0.138. The van der Waals surface area contributed by atoms with Crippen LogP contribution in [0.15, 0.2) is 59.5 Å². The fourth-order valence-corrected chi connectivity index (χ4v) is 3.73. The molecule has 2 rings (SSSR count). The molecule has 0 radical (unpaired) electrons.